The number of ether oxygens (including phenoxy) is 2. The first-order valence-electron chi connectivity index (χ1n) is 7.94. The van der Waals surface area contributed by atoms with Gasteiger partial charge in [0, 0.05) is 12.8 Å². The van der Waals surface area contributed by atoms with Gasteiger partial charge >= 0.3 is 0 Å². The van der Waals surface area contributed by atoms with Gasteiger partial charge in [0.2, 0.25) is 0 Å². The third kappa shape index (κ3) is 3.57. The Labute approximate surface area is 137 Å². The van der Waals surface area contributed by atoms with E-state index in [1.165, 1.54) is 0 Å². The molecule has 2 rings (SSSR count). The van der Waals surface area contributed by atoms with E-state index in [9.17, 15) is 5.11 Å². The molecule has 1 heterocycles. The van der Waals surface area contributed by atoms with Crippen LogP contribution >= 0.6 is 0 Å². The minimum Gasteiger partial charge on any atom is -0.493 e. The molecule has 126 valence electrons. The van der Waals surface area contributed by atoms with Crippen LogP contribution in [-0.2, 0) is 0 Å². The van der Waals surface area contributed by atoms with Crippen LogP contribution in [0.1, 0.15) is 26.7 Å². The van der Waals surface area contributed by atoms with E-state index in [0.717, 1.165) is 12.8 Å². The standard InChI is InChI=1S/C18H26N2O3/c1-4-10-18(11-7-12-20-18)16(17(2,21)13-19)23-15-9-6-5-8-14(15)22-3/h5-9,11-12,16,21H,4,10,13,19H2,1-3H3. The predicted octanol–water partition coefficient (Wildman–Crippen LogP) is 2.33. The summed E-state index contributed by atoms with van der Waals surface area (Å²) in [5.41, 5.74) is 3.96. The molecule has 0 radical (unpaired) electrons. The van der Waals surface area contributed by atoms with Crippen molar-refractivity contribution >= 4 is 6.21 Å². The summed E-state index contributed by atoms with van der Waals surface area (Å²) in [4.78, 5) is 4.61. The van der Waals surface area contributed by atoms with Crippen molar-refractivity contribution in [3.63, 3.8) is 0 Å². The molecule has 0 bridgehead atoms. The lowest BCUT2D eigenvalue weighted by atomic mass is 9.79. The Hall–Kier alpha value is -1.85. The third-order valence-corrected chi connectivity index (χ3v) is 4.18. The monoisotopic (exact) mass is 318 g/mol. The molecule has 0 saturated heterocycles. The Morgan fingerprint density at radius 3 is 2.57 bits per heavy atom. The van der Waals surface area contributed by atoms with E-state index < -0.39 is 17.2 Å². The van der Waals surface area contributed by atoms with Crippen LogP contribution in [0.25, 0.3) is 0 Å². The lowest BCUT2D eigenvalue weighted by Gasteiger charge is -2.42. The predicted molar refractivity (Wildman–Crippen MR) is 92.4 cm³/mol. The molecule has 0 aliphatic carbocycles. The van der Waals surface area contributed by atoms with E-state index in [-0.39, 0.29) is 6.54 Å². The number of rotatable bonds is 8. The van der Waals surface area contributed by atoms with E-state index in [0.29, 0.717) is 11.5 Å². The summed E-state index contributed by atoms with van der Waals surface area (Å²) in [6.07, 6.45) is 6.68. The summed E-state index contributed by atoms with van der Waals surface area (Å²) < 4.78 is 11.6. The zero-order valence-electron chi connectivity index (χ0n) is 14.0. The van der Waals surface area contributed by atoms with Crippen molar-refractivity contribution in [1.82, 2.24) is 0 Å². The first-order chi connectivity index (χ1) is 11.0. The number of nitrogens with two attached hydrogens (primary N) is 1. The van der Waals surface area contributed by atoms with Gasteiger partial charge in [0.05, 0.1) is 7.11 Å². The highest BCUT2D eigenvalue weighted by molar-refractivity contribution is 5.75. The second-order valence-electron chi connectivity index (χ2n) is 6.09. The van der Waals surface area contributed by atoms with Crippen LogP contribution in [0.5, 0.6) is 11.5 Å². The molecule has 5 heteroatoms. The molecule has 0 spiro atoms. The molecule has 23 heavy (non-hydrogen) atoms. The van der Waals surface area contributed by atoms with Crippen molar-refractivity contribution in [2.24, 2.45) is 10.7 Å². The first-order valence-corrected chi connectivity index (χ1v) is 7.94. The third-order valence-electron chi connectivity index (χ3n) is 4.18. The molecule has 1 aliphatic heterocycles. The highest BCUT2D eigenvalue weighted by atomic mass is 16.5. The summed E-state index contributed by atoms with van der Waals surface area (Å²) >= 11 is 0. The lowest BCUT2D eigenvalue weighted by Crippen LogP contribution is -2.59. The maximum Gasteiger partial charge on any atom is 0.161 e. The van der Waals surface area contributed by atoms with Crippen molar-refractivity contribution in [1.29, 1.82) is 0 Å². The zero-order chi connectivity index (χ0) is 16.9. The highest BCUT2D eigenvalue weighted by Gasteiger charge is 2.48. The van der Waals surface area contributed by atoms with Gasteiger partial charge < -0.3 is 20.3 Å². The minimum atomic E-state index is -1.23. The summed E-state index contributed by atoms with van der Waals surface area (Å²) in [6, 6.07) is 7.38. The van der Waals surface area contributed by atoms with Crippen molar-refractivity contribution < 1.29 is 14.6 Å². The number of methoxy groups -OCH3 is 1. The fraction of sp³-hybridized carbons (Fsp3) is 0.500. The highest BCUT2D eigenvalue weighted by Crippen LogP contribution is 2.38. The fourth-order valence-corrected chi connectivity index (χ4v) is 2.99. The van der Waals surface area contributed by atoms with Gasteiger partial charge in [-0.2, -0.15) is 0 Å². The molecule has 5 nitrogen and oxygen atoms in total. The number of aliphatic hydroxyl groups is 1. The summed E-state index contributed by atoms with van der Waals surface area (Å²) in [5.74, 6) is 1.18. The topological polar surface area (TPSA) is 77.1 Å². The first kappa shape index (κ1) is 17.5. The Bertz CT molecular complexity index is 569. The summed E-state index contributed by atoms with van der Waals surface area (Å²) in [7, 11) is 1.59. The van der Waals surface area contributed by atoms with Crippen molar-refractivity contribution in [2.45, 2.75) is 43.9 Å². The molecule has 1 aliphatic rings. The lowest BCUT2D eigenvalue weighted by molar-refractivity contribution is -0.0679. The number of nitrogens with zero attached hydrogens (tertiary/aromatic N) is 1. The average Bonchev–Trinajstić information content (AvgIpc) is 3.02. The van der Waals surface area contributed by atoms with Crippen molar-refractivity contribution in [2.75, 3.05) is 13.7 Å². The normalized spacial score (nSPS) is 23.5. The number of hydrogen-bond donors (Lipinski definition) is 2. The van der Waals surface area contributed by atoms with Crippen LogP contribution in [0.15, 0.2) is 41.4 Å². The van der Waals surface area contributed by atoms with Crippen LogP contribution in [-0.4, -0.2) is 42.2 Å². The maximum atomic E-state index is 10.9. The number of allylic oxidation sites excluding steroid dienone is 1. The Balaban J connectivity index is 2.43. The van der Waals surface area contributed by atoms with Crippen LogP contribution in [0.4, 0.5) is 0 Å². The summed E-state index contributed by atoms with van der Waals surface area (Å²) in [5, 5.41) is 10.9. The molecule has 3 atom stereocenters. The van der Waals surface area contributed by atoms with Gasteiger partial charge in [0.15, 0.2) is 17.6 Å². The quantitative estimate of drug-likeness (QED) is 0.771. The molecule has 1 aromatic rings. The summed E-state index contributed by atoms with van der Waals surface area (Å²) in [6.45, 7) is 3.84. The van der Waals surface area contributed by atoms with E-state index in [1.54, 1.807) is 20.2 Å². The Morgan fingerprint density at radius 2 is 2.04 bits per heavy atom. The molecule has 0 amide bonds. The second kappa shape index (κ2) is 7.15. The van der Waals surface area contributed by atoms with Gasteiger partial charge in [-0.3, -0.25) is 4.99 Å². The Kier molecular flexibility index (Phi) is 5.44. The van der Waals surface area contributed by atoms with Crippen LogP contribution in [0.2, 0.25) is 0 Å². The molecule has 3 N–H and O–H groups in total. The van der Waals surface area contributed by atoms with Gasteiger partial charge in [-0.25, -0.2) is 0 Å². The van der Waals surface area contributed by atoms with Crippen molar-refractivity contribution in [3.8, 4) is 11.5 Å². The van der Waals surface area contributed by atoms with Crippen LogP contribution in [0, 0.1) is 0 Å². The van der Waals surface area contributed by atoms with Crippen molar-refractivity contribution in [3.05, 3.63) is 36.4 Å². The number of hydrogen-bond acceptors (Lipinski definition) is 5. The van der Waals surface area contributed by atoms with Gasteiger partial charge in [0.25, 0.3) is 0 Å². The fourth-order valence-electron chi connectivity index (χ4n) is 2.99. The molecular weight excluding hydrogens is 292 g/mol. The largest absolute Gasteiger partial charge is 0.493 e. The molecule has 0 fully saturated rings. The van der Waals surface area contributed by atoms with Crippen LogP contribution in [0.3, 0.4) is 0 Å². The van der Waals surface area contributed by atoms with E-state index >= 15 is 0 Å². The number of aliphatic imine (C=N–C) groups is 1. The second-order valence-corrected chi connectivity index (χ2v) is 6.09. The number of para-hydroxylation sites is 2. The Morgan fingerprint density at radius 1 is 1.35 bits per heavy atom. The van der Waals surface area contributed by atoms with Gasteiger partial charge in [-0.05, 0) is 31.6 Å². The minimum absolute atomic E-state index is 0.0711. The molecule has 1 aromatic carbocycles. The average molecular weight is 318 g/mol. The van der Waals surface area contributed by atoms with E-state index in [4.69, 9.17) is 15.2 Å². The molecule has 0 aromatic heterocycles. The van der Waals surface area contributed by atoms with Gasteiger partial charge in [-0.1, -0.05) is 31.6 Å². The van der Waals surface area contributed by atoms with Gasteiger partial charge in [0.1, 0.15) is 11.1 Å². The molecular formula is C18H26N2O3. The molecule has 3 unspecified atom stereocenters. The molecule has 0 saturated carbocycles. The van der Waals surface area contributed by atoms with E-state index in [2.05, 4.69) is 11.9 Å². The van der Waals surface area contributed by atoms with E-state index in [1.807, 2.05) is 36.4 Å². The maximum absolute atomic E-state index is 10.9. The van der Waals surface area contributed by atoms with Crippen LogP contribution < -0.4 is 15.2 Å². The SMILES string of the molecule is CCCC1(C(Oc2ccccc2OC)C(C)(O)CN)C=CC=N1. The van der Waals surface area contributed by atoms with Gasteiger partial charge in [-0.15, -0.1) is 0 Å². The number of benzene rings is 1. The smallest absolute Gasteiger partial charge is 0.161 e. The zero-order valence-corrected chi connectivity index (χ0v) is 14.0.